The van der Waals surface area contributed by atoms with Crippen LogP contribution >= 0.6 is 0 Å². The van der Waals surface area contributed by atoms with Gasteiger partial charge in [0.25, 0.3) is 5.91 Å². The molecule has 5 nitrogen and oxygen atoms in total. The molecule has 0 aromatic heterocycles. The van der Waals surface area contributed by atoms with Gasteiger partial charge in [-0.1, -0.05) is 24.3 Å². The van der Waals surface area contributed by atoms with Gasteiger partial charge in [-0.2, -0.15) is 0 Å². The second-order valence-corrected chi connectivity index (χ2v) is 6.64. The van der Waals surface area contributed by atoms with E-state index in [1.54, 1.807) is 0 Å². The summed E-state index contributed by atoms with van der Waals surface area (Å²) >= 11 is 0. The van der Waals surface area contributed by atoms with E-state index < -0.39 is 11.7 Å². The van der Waals surface area contributed by atoms with E-state index in [0.717, 1.165) is 35.4 Å². The fourth-order valence-corrected chi connectivity index (χ4v) is 3.42. The van der Waals surface area contributed by atoms with Crippen molar-refractivity contribution in [1.82, 2.24) is 15.1 Å². The van der Waals surface area contributed by atoms with Crippen molar-refractivity contribution in [2.24, 2.45) is 4.99 Å². The number of hydrogen-bond acceptors (Lipinski definition) is 4. The Bertz CT molecular complexity index is 862. The van der Waals surface area contributed by atoms with Crippen molar-refractivity contribution >= 4 is 11.7 Å². The van der Waals surface area contributed by atoms with Crippen molar-refractivity contribution in [2.45, 2.75) is 13.0 Å². The minimum Gasteiger partial charge on any atom is -0.324 e. The van der Waals surface area contributed by atoms with Crippen LogP contribution in [0, 0.1) is 0 Å². The van der Waals surface area contributed by atoms with E-state index in [1.807, 2.05) is 31.1 Å². The monoisotopic (exact) mass is 338 g/mol. The number of allylic oxidation sites excluding steroid dienone is 1. The molecule has 0 saturated carbocycles. The van der Waals surface area contributed by atoms with Crippen LogP contribution < -0.4 is 5.32 Å². The van der Waals surface area contributed by atoms with Crippen LogP contribution in [-0.2, 0) is 11.3 Å². The molecule has 3 heterocycles. The van der Waals surface area contributed by atoms with Gasteiger partial charge in [-0.3, -0.25) is 4.79 Å². The molecule has 4 rings (SSSR count). The average Bonchev–Trinajstić information content (AvgIpc) is 2.92. The van der Waals surface area contributed by atoms with Gasteiger partial charge in [-0.05, 0) is 19.7 Å². The molecule has 0 unspecified atom stereocenters. The second kappa shape index (κ2) is 5.97. The number of carbonyl (C=O) groups excluding carboxylic acids is 1. The summed E-state index contributed by atoms with van der Waals surface area (Å²) < 4.78 is 14.3. The van der Waals surface area contributed by atoms with Gasteiger partial charge in [0, 0.05) is 43.0 Å². The van der Waals surface area contributed by atoms with E-state index in [1.165, 1.54) is 11.8 Å². The summed E-state index contributed by atoms with van der Waals surface area (Å²) in [7, 11) is 4.07. The topological polar surface area (TPSA) is 47.9 Å². The van der Waals surface area contributed by atoms with Crippen LogP contribution in [0.3, 0.4) is 0 Å². The van der Waals surface area contributed by atoms with Gasteiger partial charge in [0.2, 0.25) is 0 Å². The maximum absolute atomic E-state index is 14.3. The Labute approximate surface area is 145 Å². The molecule has 0 fully saturated rings. The zero-order valence-electron chi connectivity index (χ0n) is 14.2. The summed E-state index contributed by atoms with van der Waals surface area (Å²) in [5.41, 5.74) is 4.06. The highest BCUT2D eigenvalue weighted by Crippen LogP contribution is 2.37. The summed E-state index contributed by atoms with van der Waals surface area (Å²) in [6, 6.07) is 8.24. The van der Waals surface area contributed by atoms with Crippen LogP contribution in [0.2, 0.25) is 0 Å². The van der Waals surface area contributed by atoms with E-state index in [4.69, 9.17) is 0 Å². The van der Waals surface area contributed by atoms with Crippen LogP contribution in [0.5, 0.6) is 0 Å². The first-order valence-corrected chi connectivity index (χ1v) is 8.24. The second-order valence-electron chi connectivity index (χ2n) is 6.64. The van der Waals surface area contributed by atoms with E-state index in [-0.39, 0.29) is 0 Å². The Morgan fingerprint density at radius 3 is 2.76 bits per heavy atom. The molecule has 0 bridgehead atoms. The van der Waals surface area contributed by atoms with Crippen molar-refractivity contribution < 1.29 is 9.18 Å². The van der Waals surface area contributed by atoms with E-state index in [9.17, 15) is 9.18 Å². The van der Waals surface area contributed by atoms with E-state index >= 15 is 0 Å². The lowest BCUT2D eigenvalue weighted by Crippen LogP contribution is -2.31. The molecule has 0 saturated heterocycles. The van der Waals surface area contributed by atoms with E-state index in [2.05, 4.69) is 27.3 Å². The summed E-state index contributed by atoms with van der Waals surface area (Å²) in [5.74, 6) is -0.181. The lowest BCUT2D eigenvalue weighted by atomic mass is 10.1. The third-order valence-electron chi connectivity index (χ3n) is 4.47. The summed E-state index contributed by atoms with van der Waals surface area (Å²) in [6.45, 7) is 1.55. The first-order valence-electron chi connectivity index (χ1n) is 8.24. The van der Waals surface area contributed by atoms with Gasteiger partial charge in [0.15, 0.2) is 0 Å². The average molecular weight is 338 g/mol. The maximum Gasteiger partial charge on any atom is 0.251 e. The third-order valence-corrected chi connectivity index (χ3v) is 4.47. The van der Waals surface area contributed by atoms with Crippen molar-refractivity contribution in [3.8, 4) is 0 Å². The van der Waals surface area contributed by atoms with Crippen molar-refractivity contribution in [3.63, 3.8) is 0 Å². The predicted octanol–water partition coefficient (Wildman–Crippen LogP) is 2.29. The number of aliphatic imine (C=N–C) groups is 1. The number of halogens is 1. The van der Waals surface area contributed by atoms with Crippen molar-refractivity contribution in [2.75, 3.05) is 20.6 Å². The number of nitrogens with one attached hydrogen (secondary N) is 1. The molecule has 0 atom stereocenters. The summed E-state index contributed by atoms with van der Waals surface area (Å²) in [6.07, 6.45) is 3.17. The molecule has 1 aromatic carbocycles. The Morgan fingerprint density at radius 2 is 2.04 bits per heavy atom. The minimum atomic E-state index is -0.543. The molecular formula is C19H19FN4O. The number of nitrogens with zero attached hydrogens (tertiary/aromatic N) is 3. The number of amidine groups is 1. The zero-order chi connectivity index (χ0) is 17.6. The minimum absolute atomic E-state index is 0.374. The first kappa shape index (κ1) is 15.8. The molecule has 6 heteroatoms. The number of rotatable bonds is 3. The lowest BCUT2D eigenvalue weighted by molar-refractivity contribution is -0.115. The fraction of sp³-hybridized carbons (Fsp3) is 0.263. The van der Waals surface area contributed by atoms with Crippen molar-refractivity contribution in [3.05, 3.63) is 70.5 Å². The Morgan fingerprint density at radius 1 is 1.28 bits per heavy atom. The standard InChI is InChI=1S/C19H19FN4O/c1-23(2)11-12-3-5-13(6-4-12)19-21-10-14-15(20)9-17(25)22-16-7-8-24(19)18(14)16/h3-6,9-10H,7-8,11H2,1-2H3,(H,22,25). The highest BCUT2D eigenvalue weighted by molar-refractivity contribution is 6.03. The van der Waals surface area contributed by atoms with Gasteiger partial charge in [-0.25, -0.2) is 9.38 Å². The third kappa shape index (κ3) is 2.78. The van der Waals surface area contributed by atoms with Gasteiger partial charge in [0.1, 0.15) is 11.7 Å². The molecule has 3 aliphatic heterocycles. The Hall–Kier alpha value is -2.73. The number of benzene rings is 1. The maximum atomic E-state index is 14.3. The van der Waals surface area contributed by atoms with Gasteiger partial charge >= 0.3 is 0 Å². The van der Waals surface area contributed by atoms with Gasteiger partial charge in [0.05, 0.1) is 11.3 Å². The quantitative estimate of drug-likeness (QED) is 0.920. The first-order chi connectivity index (χ1) is 12.0. The van der Waals surface area contributed by atoms with Crippen LogP contribution in [0.15, 0.2) is 64.3 Å². The van der Waals surface area contributed by atoms with Crippen molar-refractivity contribution in [1.29, 1.82) is 0 Å². The molecule has 0 spiro atoms. The molecule has 1 aromatic rings. The molecule has 0 aliphatic carbocycles. The largest absolute Gasteiger partial charge is 0.324 e. The smallest absolute Gasteiger partial charge is 0.251 e. The van der Waals surface area contributed by atoms with Crippen LogP contribution in [-0.4, -0.2) is 42.2 Å². The fourth-order valence-electron chi connectivity index (χ4n) is 3.42. The summed E-state index contributed by atoms with van der Waals surface area (Å²) in [5, 5.41) is 2.78. The predicted molar refractivity (Wildman–Crippen MR) is 94.1 cm³/mol. The highest BCUT2D eigenvalue weighted by atomic mass is 19.1. The molecule has 0 radical (unpaired) electrons. The molecule has 3 aliphatic rings. The zero-order valence-corrected chi connectivity index (χ0v) is 14.2. The molecular weight excluding hydrogens is 319 g/mol. The normalized spacial score (nSPS) is 19.3. The molecule has 1 amide bonds. The Balaban J connectivity index is 1.72. The number of carbonyl (C=O) groups is 1. The number of amides is 1. The van der Waals surface area contributed by atoms with Gasteiger partial charge < -0.3 is 15.1 Å². The summed E-state index contributed by atoms with van der Waals surface area (Å²) in [4.78, 5) is 20.3. The SMILES string of the molecule is CN(C)Cc1ccc(C2=NC=C3C(F)=CC(=O)NC4=C3N2CC4)cc1. The van der Waals surface area contributed by atoms with Crippen LogP contribution in [0.1, 0.15) is 17.5 Å². The molecule has 1 N–H and O–H groups in total. The molecule has 128 valence electrons. The van der Waals surface area contributed by atoms with E-state index in [0.29, 0.717) is 18.5 Å². The number of hydrogen-bond donors (Lipinski definition) is 1. The van der Waals surface area contributed by atoms with Gasteiger partial charge in [-0.15, -0.1) is 0 Å². The Kier molecular flexibility index (Phi) is 3.77. The van der Waals surface area contributed by atoms with Crippen LogP contribution in [0.25, 0.3) is 0 Å². The molecule has 25 heavy (non-hydrogen) atoms. The highest BCUT2D eigenvalue weighted by Gasteiger charge is 2.35. The van der Waals surface area contributed by atoms with Crippen LogP contribution in [0.4, 0.5) is 4.39 Å². The lowest BCUT2D eigenvalue weighted by Gasteiger charge is -2.28.